The van der Waals surface area contributed by atoms with Crippen LogP contribution in [0.5, 0.6) is 0 Å². The van der Waals surface area contributed by atoms with Gasteiger partial charge in [0.2, 0.25) is 15.9 Å². The van der Waals surface area contributed by atoms with Crippen LogP contribution >= 0.6 is 0 Å². The summed E-state index contributed by atoms with van der Waals surface area (Å²) < 4.78 is 54.6. The fourth-order valence-corrected chi connectivity index (χ4v) is 4.63. The number of hydrogen-bond donors (Lipinski definition) is 2. The zero-order valence-electron chi connectivity index (χ0n) is 14.5. The molecule has 0 spiro atoms. The fourth-order valence-electron chi connectivity index (χ4n) is 3.32. The molecule has 0 atom stereocenters. The zero-order chi connectivity index (χ0) is 19.6. The molecule has 2 aromatic rings. The van der Waals surface area contributed by atoms with Gasteiger partial charge in [0.05, 0.1) is 4.90 Å². The Morgan fingerprint density at radius 2 is 1.63 bits per heavy atom. The molecule has 0 heterocycles. The first kappa shape index (κ1) is 19.4. The van der Waals surface area contributed by atoms with Crippen LogP contribution in [-0.4, -0.2) is 20.4 Å². The topological polar surface area (TPSA) is 89.3 Å². The van der Waals surface area contributed by atoms with Gasteiger partial charge >= 0.3 is 0 Å². The van der Waals surface area contributed by atoms with E-state index in [9.17, 15) is 22.0 Å². The Morgan fingerprint density at radius 1 is 1.00 bits per heavy atom. The van der Waals surface area contributed by atoms with Gasteiger partial charge in [-0.3, -0.25) is 4.79 Å². The summed E-state index contributed by atoms with van der Waals surface area (Å²) in [4.78, 5) is 11.3. The van der Waals surface area contributed by atoms with E-state index in [1.54, 1.807) is 0 Å². The standard InChI is InChI=1S/C19H20F2N2O3S/c20-14-5-10-17(18(21)11-14)12-3-8-16(9-4-12)27(25,26)23-15-6-1-13(2-7-15)19(22)24/h3-5,8-11,13,15,23H,1-2,6-7H2,(H2,22,24). The Balaban J connectivity index is 1.71. The lowest BCUT2D eigenvalue weighted by molar-refractivity contribution is -0.122. The monoisotopic (exact) mass is 394 g/mol. The molecule has 0 bridgehead atoms. The number of halogens is 2. The number of nitrogens with one attached hydrogen (secondary N) is 1. The minimum absolute atomic E-state index is 0.0609. The Morgan fingerprint density at radius 3 is 2.19 bits per heavy atom. The lowest BCUT2D eigenvalue weighted by atomic mass is 9.86. The second-order valence-electron chi connectivity index (χ2n) is 6.72. The van der Waals surface area contributed by atoms with Gasteiger partial charge in [0.15, 0.2) is 0 Å². The van der Waals surface area contributed by atoms with Crippen molar-refractivity contribution in [3.05, 3.63) is 54.1 Å². The molecule has 1 saturated carbocycles. The average molecular weight is 394 g/mol. The van der Waals surface area contributed by atoms with Gasteiger partial charge in [-0.25, -0.2) is 21.9 Å². The second kappa shape index (κ2) is 7.74. The highest BCUT2D eigenvalue weighted by molar-refractivity contribution is 7.89. The highest BCUT2D eigenvalue weighted by Gasteiger charge is 2.28. The van der Waals surface area contributed by atoms with Gasteiger partial charge < -0.3 is 5.73 Å². The highest BCUT2D eigenvalue weighted by Crippen LogP contribution is 2.27. The molecule has 27 heavy (non-hydrogen) atoms. The molecule has 0 aromatic heterocycles. The van der Waals surface area contributed by atoms with Crippen LogP contribution in [0.3, 0.4) is 0 Å². The first-order chi connectivity index (χ1) is 12.8. The Kier molecular flexibility index (Phi) is 5.57. The summed E-state index contributed by atoms with van der Waals surface area (Å²) in [7, 11) is -3.73. The van der Waals surface area contributed by atoms with Crippen LogP contribution in [0.2, 0.25) is 0 Å². The van der Waals surface area contributed by atoms with Crippen LogP contribution < -0.4 is 10.5 Å². The third-order valence-electron chi connectivity index (χ3n) is 4.86. The van der Waals surface area contributed by atoms with Gasteiger partial charge in [0, 0.05) is 23.6 Å². The molecule has 1 aliphatic rings. The number of amides is 1. The Bertz CT molecular complexity index is 938. The summed E-state index contributed by atoms with van der Waals surface area (Å²) in [6.07, 6.45) is 2.22. The SMILES string of the molecule is NC(=O)C1CCC(NS(=O)(=O)c2ccc(-c3ccc(F)cc3F)cc2)CC1. The zero-order valence-corrected chi connectivity index (χ0v) is 15.3. The summed E-state index contributed by atoms with van der Waals surface area (Å²) in [5.41, 5.74) is 5.93. The highest BCUT2D eigenvalue weighted by atomic mass is 32.2. The summed E-state index contributed by atoms with van der Waals surface area (Å²) in [5, 5.41) is 0. The van der Waals surface area contributed by atoms with Crippen molar-refractivity contribution in [3.63, 3.8) is 0 Å². The smallest absolute Gasteiger partial charge is 0.240 e. The third kappa shape index (κ3) is 4.51. The van der Waals surface area contributed by atoms with Crippen LogP contribution in [0.25, 0.3) is 11.1 Å². The molecule has 0 unspecified atom stereocenters. The van der Waals surface area contributed by atoms with E-state index in [-0.39, 0.29) is 28.3 Å². The molecule has 1 fully saturated rings. The van der Waals surface area contributed by atoms with Gasteiger partial charge in [-0.1, -0.05) is 12.1 Å². The normalized spacial score (nSPS) is 20.4. The molecule has 0 saturated heterocycles. The molecular weight excluding hydrogens is 374 g/mol. The average Bonchev–Trinajstić information content (AvgIpc) is 2.62. The lowest BCUT2D eigenvalue weighted by Crippen LogP contribution is -2.39. The minimum atomic E-state index is -3.73. The largest absolute Gasteiger partial charge is 0.369 e. The van der Waals surface area contributed by atoms with E-state index in [4.69, 9.17) is 5.73 Å². The van der Waals surface area contributed by atoms with Crippen molar-refractivity contribution in [1.29, 1.82) is 0 Å². The molecule has 3 rings (SSSR count). The van der Waals surface area contributed by atoms with Crippen molar-refractivity contribution < 1.29 is 22.0 Å². The molecule has 8 heteroatoms. The van der Waals surface area contributed by atoms with Crippen LogP contribution in [0, 0.1) is 17.6 Å². The van der Waals surface area contributed by atoms with E-state index in [0.717, 1.165) is 12.1 Å². The quantitative estimate of drug-likeness (QED) is 0.817. The van der Waals surface area contributed by atoms with Crippen molar-refractivity contribution in [2.24, 2.45) is 11.7 Å². The van der Waals surface area contributed by atoms with Crippen molar-refractivity contribution >= 4 is 15.9 Å². The van der Waals surface area contributed by atoms with E-state index in [2.05, 4.69) is 4.72 Å². The number of benzene rings is 2. The van der Waals surface area contributed by atoms with Crippen LogP contribution in [-0.2, 0) is 14.8 Å². The van der Waals surface area contributed by atoms with Gasteiger partial charge in [-0.05, 0) is 55.5 Å². The predicted octanol–water partition coefficient (Wildman–Crippen LogP) is 2.95. The molecule has 5 nitrogen and oxygen atoms in total. The maximum Gasteiger partial charge on any atom is 0.240 e. The van der Waals surface area contributed by atoms with Crippen molar-refractivity contribution in [2.45, 2.75) is 36.6 Å². The van der Waals surface area contributed by atoms with E-state index >= 15 is 0 Å². The number of carbonyl (C=O) groups is 1. The first-order valence-corrected chi connectivity index (χ1v) is 10.1. The molecular formula is C19H20F2N2O3S. The molecule has 1 aliphatic carbocycles. The Labute approximate surface area is 156 Å². The minimum Gasteiger partial charge on any atom is -0.369 e. The van der Waals surface area contributed by atoms with Gasteiger partial charge in [-0.15, -0.1) is 0 Å². The summed E-state index contributed by atoms with van der Waals surface area (Å²) in [6.45, 7) is 0. The predicted molar refractivity (Wildman–Crippen MR) is 97.1 cm³/mol. The Hall–Kier alpha value is -2.32. The van der Waals surface area contributed by atoms with Crippen LogP contribution in [0.15, 0.2) is 47.4 Å². The van der Waals surface area contributed by atoms with Crippen molar-refractivity contribution in [1.82, 2.24) is 4.72 Å². The van der Waals surface area contributed by atoms with Crippen molar-refractivity contribution in [2.75, 3.05) is 0 Å². The van der Waals surface area contributed by atoms with Gasteiger partial charge in [0.1, 0.15) is 11.6 Å². The molecule has 0 radical (unpaired) electrons. The van der Waals surface area contributed by atoms with E-state index in [1.165, 1.54) is 30.3 Å². The fraction of sp³-hybridized carbons (Fsp3) is 0.316. The molecule has 144 valence electrons. The van der Waals surface area contributed by atoms with E-state index in [1.807, 2.05) is 0 Å². The summed E-state index contributed by atoms with van der Waals surface area (Å²) in [5.74, 6) is -1.93. The second-order valence-corrected chi connectivity index (χ2v) is 8.43. The molecule has 2 aromatic carbocycles. The van der Waals surface area contributed by atoms with Crippen molar-refractivity contribution in [3.8, 4) is 11.1 Å². The van der Waals surface area contributed by atoms with Crippen LogP contribution in [0.1, 0.15) is 25.7 Å². The lowest BCUT2D eigenvalue weighted by Gasteiger charge is -2.27. The maximum absolute atomic E-state index is 13.9. The number of primary amides is 1. The number of carbonyl (C=O) groups excluding carboxylic acids is 1. The molecule has 3 N–H and O–H groups in total. The number of nitrogens with two attached hydrogens (primary N) is 1. The number of rotatable bonds is 5. The third-order valence-corrected chi connectivity index (χ3v) is 6.39. The van der Waals surface area contributed by atoms with Gasteiger partial charge in [0.25, 0.3) is 0 Å². The molecule has 0 aliphatic heterocycles. The van der Waals surface area contributed by atoms with Gasteiger partial charge in [-0.2, -0.15) is 0 Å². The molecule has 1 amide bonds. The first-order valence-electron chi connectivity index (χ1n) is 8.63. The summed E-state index contributed by atoms with van der Waals surface area (Å²) >= 11 is 0. The number of sulfonamides is 1. The van der Waals surface area contributed by atoms with E-state index < -0.39 is 21.7 Å². The number of hydrogen-bond acceptors (Lipinski definition) is 3. The maximum atomic E-state index is 13.9. The van der Waals surface area contributed by atoms with Crippen LogP contribution in [0.4, 0.5) is 8.78 Å². The summed E-state index contributed by atoms with van der Waals surface area (Å²) in [6, 6.07) is 8.72. The van der Waals surface area contributed by atoms with E-state index in [0.29, 0.717) is 31.2 Å².